The maximum Gasteiger partial charge on any atom is 0.168 e. The summed E-state index contributed by atoms with van der Waals surface area (Å²) in [6.07, 6.45) is 5.17. The number of terminal acetylenes is 1. The molecule has 0 saturated carbocycles. The molecule has 0 aliphatic rings. The molecule has 0 aliphatic heterocycles. The molecule has 1 aromatic carbocycles. The second-order valence-electron chi connectivity index (χ2n) is 2.59. The van der Waals surface area contributed by atoms with Gasteiger partial charge in [0.25, 0.3) is 0 Å². The van der Waals surface area contributed by atoms with E-state index in [1.807, 2.05) is 30.3 Å². The van der Waals surface area contributed by atoms with Crippen molar-refractivity contribution in [2.24, 2.45) is 0 Å². The third kappa shape index (κ3) is 1.45. The van der Waals surface area contributed by atoms with E-state index >= 15 is 0 Å². The van der Waals surface area contributed by atoms with Crippen LogP contribution in [-0.2, 0) is 0 Å². The van der Waals surface area contributed by atoms with Crippen LogP contribution in [-0.4, -0.2) is 5.16 Å². The summed E-state index contributed by atoms with van der Waals surface area (Å²) in [7, 11) is 0. The van der Waals surface area contributed by atoms with E-state index in [4.69, 9.17) is 10.9 Å². The van der Waals surface area contributed by atoms with Crippen molar-refractivity contribution in [1.82, 2.24) is 5.16 Å². The molecule has 62 valence electrons. The predicted molar refractivity (Wildman–Crippen MR) is 49.9 cm³/mol. The largest absolute Gasteiger partial charge is 0.355 e. The summed E-state index contributed by atoms with van der Waals surface area (Å²) in [6, 6.07) is 11.5. The van der Waals surface area contributed by atoms with Gasteiger partial charge in [0, 0.05) is 11.6 Å². The smallest absolute Gasteiger partial charge is 0.168 e. The zero-order valence-corrected chi connectivity index (χ0v) is 6.90. The Morgan fingerprint density at radius 1 is 1.23 bits per heavy atom. The van der Waals surface area contributed by atoms with Gasteiger partial charge in [-0.2, -0.15) is 0 Å². The van der Waals surface area contributed by atoms with Gasteiger partial charge < -0.3 is 4.52 Å². The van der Waals surface area contributed by atoms with E-state index in [0.29, 0.717) is 11.5 Å². The average Bonchev–Trinajstić information content (AvgIpc) is 2.67. The fraction of sp³-hybridized carbons (Fsp3) is 0. The molecule has 2 rings (SSSR count). The highest BCUT2D eigenvalue weighted by Crippen LogP contribution is 2.18. The topological polar surface area (TPSA) is 26.0 Å². The minimum atomic E-state index is 0.527. The first-order chi connectivity index (χ1) is 6.40. The van der Waals surface area contributed by atoms with Crippen LogP contribution < -0.4 is 0 Å². The summed E-state index contributed by atoms with van der Waals surface area (Å²) < 4.78 is 5.05. The summed E-state index contributed by atoms with van der Waals surface area (Å²) >= 11 is 0. The number of benzene rings is 1. The van der Waals surface area contributed by atoms with Crippen LogP contribution in [0.2, 0.25) is 0 Å². The Labute approximate surface area is 76.2 Å². The lowest BCUT2D eigenvalue weighted by Crippen LogP contribution is -1.70. The molecule has 0 N–H and O–H groups in total. The standard InChI is InChI=1S/C11H7NO/c1-2-10-8-11(13-12-10)9-6-4-3-5-7-9/h1,3-8H. The molecule has 0 atom stereocenters. The Balaban J connectivity index is 2.43. The molecule has 0 radical (unpaired) electrons. The molecule has 2 nitrogen and oxygen atoms in total. The van der Waals surface area contributed by atoms with Gasteiger partial charge in [0.05, 0.1) is 0 Å². The molecule has 1 aromatic heterocycles. The highest BCUT2D eigenvalue weighted by molar-refractivity contribution is 5.57. The fourth-order valence-corrected chi connectivity index (χ4v) is 1.08. The Kier molecular flexibility index (Phi) is 1.85. The van der Waals surface area contributed by atoms with Crippen LogP contribution >= 0.6 is 0 Å². The molecular weight excluding hydrogens is 162 g/mol. The van der Waals surface area contributed by atoms with Gasteiger partial charge in [-0.15, -0.1) is 6.42 Å². The zero-order valence-electron chi connectivity index (χ0n) is 6.90. The molecule has 0 fully saturated rings. The maximum absolute atomic E-state index is 5.17. The lowest BCUT2D eigenvalue weighted by Gasteiger charge is -1.90. The van der Waals surface area contributed by atoms with Crippen LogP contribution in [0, 0.1) is 12.3 Å². The summed E-state index contributed by atoms with van der Waals surface area (Å²) in [4.78, 5) is 0. The van der Waals surface area contributed by atoms with Gasteiger partial charge in [-0.3, -0.25) is 0 Å². The molecule has 0 bridgehead atoms. The third-order valence-electron chi connectivity index (χ3n) is 1.72. The summed E-state index contributed by atoms with van der Waals surface area (Å²) in [5, 5.41) is 3.70. The summed E-state index contributed by atoms with van der Waals surface area (Å²) in [6.45, 7) is 0. The highest BCUT2D eigenvalue weighted by Gasteiger charge is 2.02. The van der Waals surface area contributed by atoms with E-state index in [0.717, 1.165) is 5.56 Å². The summed E-state index contributed by atoms with van der Waals surface area (Å²) in [5.41, 5.74) is 1.51. The number of aromatic nitrogens is 1. The quantitative estimate of drug-likeness (QED) is 0.612. The second kappa shape index (κ2) is 3.16. The molecule has 2 heteroatoms. The molecule has 0 unspecified atom stereocenters. The van der Waals surface area contributed by atoms with E-state index in [9.17, 15) is 0 Å². The van der Waals surface area contributed by atoms with Gasteiger partial charge in [0.15, 0.2) is 11.5 Å². The van der Waals surface area contributed by atoms with Gasteiger partial charge in [-0.05, 0) is 5.92 Å². The van der Waals surface area contributed by atoms with Crippen molar-refractivity contribution in [2.45, 2.75) is 0 Å². The van der Waals surface area contributed by atoms with Gasteiger partial charge in [0.1, 0.15) is 0 Å². The van der Waals surface area contributed by atoms with Crippen LogP contribution in [0.4, 0.5) is 0 Å². The van der Waals surface area contributed by atoms with Crippen molar-refractivity contribution in [3.8, 4) is 23.7 Å². The van der Waals surface area contributed by atoms with Gasteiger partial charge in [0.2, 0.25) is 0 Å². The Hall–Kier alpha value is -2.01. The predicted octanol–water partition coefficient (Wildman–Crippen LogP) is 2.32. The van der Waals surface area contributed by atoms with E-state index < -0.39 is 0 Å². The van der Waals surface area contributed by atoms with Crippen molar-refractivity contribution < 1.29 is 4.52 Å². The normalized spacial score (nSPS) is 9.46. The molecule has 0 amide bonds. The number of nitrogens with zero attached hydrogens (tertiary/aromatic N) is 1. The van der Waals surface area contributed by atoms with Crippen LogP contribution in [0.5, 0.6) is 0 Å². The van der Waals surface area contributed by atoms with Crippen molar-refractivity contribution in [1.29, 1.82) is 0 Å². The van der Waals surface area contributed by atoms with Crippen molar-refractivity contribution in [2.75, 3.05) is 0 Å². The number of hydrogen-bond acceptors (Lipinski definition) is 2. The Morgan fingerprint density at radius 2 is 2.00 bits per heavy atom. The van der Waals surface area contributed by atoms with Gasteiger partial charge in [-0.25, -0.2) is 0 Å². The average molecular weight is 169 g/mol. The maximum atomic E-state index is 5.17. The molecule has 1 heterocycles. The van der Waals surface area contributed by atoms with E-state index in [1.165, 1.54) is 0 Å². The van der Waals surface area contributed by atoms with Crippen LogP contribution in [0.15, 0.2) is 40.9 Å². The Bertz CT molecular complexity index is 437. The lowest BCUT2D eigenvalue weighted by molar-refractivity contribution is 0.430. The van der Waals surface area contributed by atoms with Crippen LogP contribution in [0.3, 0.4) is 0 Å². The first kappa shape index (κ1) is 7.63. The number of hydrogen-bond donors (Lipinski definition) is 0. The van der Waals surface area contributed by atoms with Gasteiger partial charge in [-0.1, -0.05) is 35.5 Å². The van der Waals surface area contributed by atoms with Gasteiger partial charge >= 0.3 is 0 Å². The molecule has 0 aliphatic carbocycles. The van der Waals surface area contributed by atoms with Crippen molar-refractivity contribution in [3.05, 3.63) is 42.1 Å². The van der Waals surface area contributed by atoms with E-state index in [1.54, 1.807) is 6.07 Å². The highest BCUT2D eigenvalue weighted by atomic mass is 16.5. The third-order valence-corrected chi connectivity index (χ3v) is 1.72. The number of rotatable bonds is 1. The van der Waals surface area contributed by atoms with Crippen molar-refractivity contribution in [3.63, 3.8) is 0 Å². The minimum Gasteiger partial charge on any atom is -0.355 e. The van der Waals surface area contributed by atoms with E-state index in [-0.39, 0.29) is 0 Å². The first-order valence-corrected chi connectivity index (χ1v) is 3.89. The second-order valence-corrected chi connectivity index (χ2v) is 2.59. The molecule has 2 aromatic rings. The van der Waals surface area contributed by atoms with Crippen molar-refractivity contribution >= 4 is 0 Å². The molecule has 0 spiro atoms. The lowest BCUT2D eigenvalue weighted by atomic mass is 10.2. The zero-order chi connectivity index (χ0) is 9.10. The Morgan fingerprint density at radius 3 is 2.62 bits per heavy atom. The minimum absolute atomic E-state index is 0.527. The van der Waals surface area contributed by atoms with Crippen LogP contribution in [0.25, 0.3) is 11.3 Å². The molecular formula is C11H7NO. The van der Waals surface area contributed by atoms with E-state index in [2.05, 4.69) is 11.1 Å². The monoisotopic (exact) mass is 169 g/mol. The molecule has 13 heavy (non-hydrogen) atoms. The van der Waals surface area contributed by atoms with Crippen LogP contribution in [0.1, 0.15) is 5.69 Å². The summed E-state index contributed by atoms with van der Waals surface area (Å²) in [5.74, 6) is 3.11. The molecule has 0 saturated heterocycles. The SMILES string of the molecule is C#Cc1cc(-c2ccccc2)on1. The fourth-order valence-electron chi connectivity index (χ4n) is 1.08. The first-order valence-electron chi connectivity index (χ1n) is 3.89.